The van der Waals surface area contributed by atoms with Gasteiger partial charge in [0.05, 0.1) is 18.0 Å². The van der Waals surface area contributed by atoms with Crippen molar-refractivity contribution in [3.63, 3.8) is 0 Å². The highest BCUT2D eigenvalue weighted by Gasteiger charge is 2.32. The van der Waals surface area contributed by atoms with Gasteiger partial charge in [0.25, 0.3) is 5.91 Å². The van der Waals surface area contributed by atoms with Gasteiger partial charge in [-0.1, -0.05) is 12.1 Å². The van der Waals surface area contributed by atoms with Crippen molar-refractivity contribution in [2.45, 2.75) is 20.0 Å². The molecule has 1 saturated heterocycles. The molecular formula is C21H20IN3O3. The highest BCUT2D eigenvalue weighted by Crippen LogP contribution is 2.27. The van der Waals surface area contributed by atoms with Gasteiger partial charge >= 0.3 is 0 Å². The van der Waals surface area contributed by atoms with Gasteiger partial charge in [0.1, 0.15) is 5.71 Å². The Morgan fingerprint density at radius 2 is 1.82 bits per heavy atom. The van der Waals surface area contributed by atoms with Crippen molar-refractivity contribution in [2.75, 3.05) is 11.4 Å². The van der Waals surface area contributed by atoms with Crippen LogP contribution in [0.5, 0.6) is 0 Å². The van der Waals surface area contributed by atoms with Crippen LogP contribution in [-0.4, -0.2) is 29.1 Å². The van der Waals surface area contributed by atoms with Crippen LogP contribution in [0.15, 0.2) is 64.8 Å². The number of aliphatic imine (C=N–C) groups is 1. The van der Waals surface area contributed by atoms with Gasteiger partial charge in [-0.3, -0.25) is 9.59 Å². The number of amides is 1. The number of benzene rings is 2. The molecular weight excluding hydrogens is 469 g/mol. The number of nitrogens with two attached hydrogens (primary N) is 1. The van der Waals surface area contributed by atoms with E-state index in [1.807, 2.05) is 24.3 Å². The summed E-state index contributed by atoms with van der Waals surface area (Å²) in [4.78, 5) is 31.2. The molecule has 0 radical (unpaired) electrons. The topological polar surface area (TPSA) is 96.0 Å². The van der Waals surface area contributed by atoms with Crippen molar-refractivity contribution in [2.24, 2.45) is 10.7 Å². The molecule has 6 nitrogen and oxygen atoms in total. The molecule has 1 fully saturated rings. The first-order valence-electron chi connectivity index (χ1n) is 8.76. The van der Waals surface area contributed by atoms with Gasteiger partial charge < -0.3 is 15.7 Å². The molecule has 0 unspecified atom stereocenters. The summed E-state index contributed by atoms with van der Waals surface area (Å²) in [6, 6.07) is 14.6. The number of anilines is 1. The fraction of sp³-hybridized carbons (Fsp3) is 0.190. The Labute approximate surface area is 176 Å². The summed E-state index contributed by atoms with van der Waals surface area (Å²) >= 11 is 2.21. The molecule has 1 heterocycles. The maximum absolute atomic E-state index is 13.2. The van der Waals surface area contributed by atoms with E-state index in [0.717, 1.165) is 14.8 Å². The molecule has 3 rings (SSSR count). The lowest BCUT2D eigenvalue weighted by molar-refractivity contribution is -0.113. The van der Waals surface area contributed by atoms with Crippen molar-refractivity contribution in [3.05, 3.63) is 68.9 Å². The summed E-state index contributed by atoms with van der Waals surface area (Å²) in [6.45, 7) is 1.73. The fourth-order valence-electron chi connectivity index (χ4n) is 2.96. The van der Waals surface area contributed by atoms with Crippen LogP contribution in [-0.2, 0) is 16.2 Å². The summed E-state index contributed by atoms with van der Waals surface area (Å²) in [7, 11) is 0. The normalized spacial score (nSPS) is 17.8. The van der Waals surface area contributed by atoms with E-state index in [-0.39, 0.29) is 29.7 Å². The number of hydrogen-bond acceptors (Lipinski definition) is 5. The lowest BCUT2D eigenvalue weighted by Gasteiger charge is -2.30. The monoisotopic (exact) mass is 489 g/mol. The molecule has 1 aliphatic heterocycles. The molecule has 0 saturated carbocycles. The van der Waals surface area contributed by atoms with Gasteiger partial charge in [-0.25, -0.2) is 4.99 Å². The first kappa shape index (κ1) is 20.2. The average Bonchev–Trinajstić information content (AvgIpc) is 2.70. The number of carbonyl (C=O) groups is 2. The van der Waals surface area contributed by atoms with Gasteiger partial charge in [0.2, 0.25) is 0 Å². The Hall–Kier alpha value is -2.52. The largest absolute Gasteiger partial charge is 0.396 e. The Balaban J connectivity index is 2.05. The number of allylic oxidation sites excluding steroid dienone is 1. The first-order chi connectivity index (χ1) is 13.4. The van der Waals surface area contributed by atoms with Crippen molar-refractivity contribution in [1.29, 1.82) is 0 Å². The number of carbonyl (C=O) groups excluding carboxylic acids is 2. The van der Waals surface area contributed by atoms with Crippen molar-refractivity contribution >= 4 is 51.4 Å². The quantitative estimate of drug-likeness (QED) is 0.510. The Kier molecular flexibility index (Phi) is 6.25. The van der Waals surface area contributed by atoms with Gasteiger partial charge in [0.15, 0.2) is 5.78 Å². The Morgan fingerprint density at radius 1 is 1.18 bits per heavy atom. The van der Waals surface area contributed by atoms with Gasteiger partial charge in [-0.15, -0.1) is 0 Å². The summed E-state index contributed by atoms with van der Waals surface area (Å²) in [5.74, 6) is -0.577. The second-order valence-corrected chi connectivity index (χ2v) is 7.66. The van der Waals surface area contributed by atoms with Crippen LogP contribution < -0.4 is 10.6 Å². The molecule has 1 amide bonds. The molecule has 28 heavy (non-hydrogen) atoms. The van der Waals surface area contributed by atoms with Crippen LogP contribution in [0.25, 0.3) is 0 Å². The minimum Gasteiger partial charge on any atom is -0.396 e. The van der Waals surface area contributed by atoms with E-state index in [4.69, 9.17) is 5.73 Å². The third-order valence-electron chi connectivity index (χ3n) is 4.52. The molecule has 0 atom stereocenters. The number of aliphatic hydroxyl groups excluding tert-OH is 1. The van der Waals surface area contributed by atoms with Crippen LogP contribution in [0.4, 0.5) is 11.4 Å². The molecule has 144 valence electrons. The summed E-state index contributed by atoms with van der Waals surface area (Å²) < 4.78 is 1.07. The van der Waals surface area contributed by atoms with Gasteiger partial charge in [0, 0.05) is 28.3 Å². The number of aliphatic hydroxyl groups is 1. The van der Waals surface area contributed by atoms with E-state index in [1.54, 1.807) is 29.2 Å². The lowest BCUT2D eigenvalue weighted by atomic mass is 9.96. The SMILES string of the molecule is CC(=O)C(N)=C1CCN(c2ccc(I)cc2)C(=O)C1=Nc1ccc(CO)cc1. The predicted molar refractivity (Wildman–Crippen MR) is 117 cm³/mol. The predicted octanol–water partition coefficient (Wildman–Crippen LogP) is 3.09. The smallest absolute Gasteiger partial charge is 0.277 e. The standard InChI is InChI=1S/C21H20IN3O3/c1-13(27)19(23)18-10-11-25(17-8-4-15(22)5-9-17)21(28)20(18)24-16-6-2-14(12-26)3-7-16/h2-9,26H,10-12,23H2,1H3. The average molecular weight is 489 g/mol. The minimum absolute atomic E-state index is 0.0706. The molecule has 0 bridgehead atoms. The Morgan fingerprint density at radius 3 is 2.39 bits per heavy atom. The molecule has 2 aromatic carbocycles. The van der Waals surface area contributed by atoms with E-state index in [0.29, 0.717) is 24.2 Å². The number of halogens is 1. The zero-order valence-electron chi connectivity index (χ0n) is 15.4. The second kappa shape index (κ2) is 8.66. The molecule has 1 aliphatic rings. The summed E-state index contributed by atoms with van der Waals surface area (Å²) in [6.07, 6.45) is 0.441. The number of Topliss-reactive ketones (excluding diaryl/α,β-unsaturated/α-hetero) is 1. The maximum Gasteiger partial charge on any atom is 0.277 e. The highest BCUT2D eigenvalue weighted by molar-refractivity contribution is 14.1. The van der Waals surface area contributed by atoms with Crippen molar-refractivity contribution < 1.29 is 14.7 Å². The molecule has 7 heteroatoms. The molecule has 0 aromatic heterocycles. The van der Waals surface area contributed by atoms with E-state index in [1.165, 1.54) is 6.92 Å². The number of rotatable bonds is 4. The number of ketones is 1. The number of nitrogens with zero attached hydrogens (tertiary/aromatic N) is 2. The highest BCUT2D eigenvalue weighted by atomic mass is 127. The third-order valence-corrected chi connectivity index (χ3v) is 5.24. The Bertz CT molecular complexity index is 963. The van der Waals surface area contributed by atoms with Crippen LogP contribution in [0.2, 0.25) is 0 Å². The number of piperidine rings is 1. The summed E-state index contributed by atoms with van der Waals surface area (Å²) in [5, 5.41) is 9.19. The van der Waals surface area contributed by atoms with E-state index >= 15 is 0 Å². The van der Waals surface area contributed by atoms with Crippen LogP contribution in [0.3, 0.4) is 0 Å². The third kappa shape index (κ3) is 4.31. The summed E-state index contributed by atoms with van der Waals surface area (Å²) in [5.41, 5.74) is 8.79. The molecule has 0 spiro atoms. The van der Waals surface area contributed by atoms with Gasteiger partial charge in [-0.2, -0.15) is 0 Å². The van der Waals surface area contributed by atoms with Crippen molar-refractivity contribution in [3.8, 4) is 0 Å². The molecule has 3 N–H and O–H groups in total. The van der Waals surface area contributed by atoms with E-state index < -0.39 is 0 Å². The second-order valence-electron chi connectivity index (χ2n) is 6.42. The van der Waals surface area contributed by atoms with Crippen LogP contribution in [0.1, 0.15) is 18.9 Å². The molecule has 0 aliphatic carbocycles. The fourth-order valence-corrected chi connectivity index (χ4v) is 3.32. The van der Waals surface area contributed by atoms with Crippen molar-refractivity contribution in [1.82, 2.24) is 0 Å². The zero-order valence-corrected chi connectivity index (χ0v) is 17.5. The minimum atomic E-state index is -0.294. The van der Waals surface area contributed by atoms with Gasteiger partial charge in [-0.05, 0) is 71.0 Å². The number of hydrogen-bond donors (Lipinski definition) is 2. The van der Waals surface area contributed by atoms with E-state index in [2.05, 4.69) is 27.6 Å². The zero-order chi connectivity index (χ0) is 20.3. The van der Waals surface area contributed by atoms with Crippen LogP contribution in [0, 0.1) is 3.57 Å². The van der Waals surface area contributed by atoms with Crippen LogP contribution >= 0.6 is 22.6 Å². The molecule has 2 aromatic rings. The lowest BCUT2D eigenvalue weighted by Crippen LogP contribution is -2.44. The maximum atomic E-state index is 13.2. The van der Waals surface area contributed by atoms with E-state index in [9.17, 15) is 14.7 Å². The first-order valence-corrected chi connectivity index (χ1v) is 9.84.